The summed E-state index contributed by atoms with van der Waals surface area (Å²) in [5.41, 5.74) is 1.70. The van der Waals surface area contributed by atoms with Crippen molar-refractivity contribution in [3.05, 3.63) is 51.9 Å². The van der Waals surface area contributed by atoms with Crippen LogP contribution in [0.25, 0.3) is 0 Å². The molecule has 8 heteroatoms. The minimum atomic E-state index is -0.133. The molecule has 0 bridgehead atoms. The van der Waals surface area contributed by atoms with Crippen molar-refractivity contribution in [2.45, 2.75) is 12.8 Å². The highest BCUT2D eigenvalue weighted by Gasteiger charge is 2.31. The number of piperazine rings is 1. The summed E-state index contributed by atoms with van der Waals surface area (Å²) in [6, 6.07) is 9.44. The molecule has 2 saturated heterocycles. The molecule has 1 aromatic heterocycles. The molecule has 1 aromatic carbocycles. The van der Waals surface area contributed by atoms with E-state index >= 15 is 0 Å². The first-order valence-electron chi connectivity index (χ1n) is 10.1. The lowest BCUT2D eigenvalue weighted by atomic mass is 9.96. The molecule has 0 saturated carbocycles. The van der Waals surface area contributed by atoms with Gasteiger partial charge in [0.25, 0.3) is 5.56 Å². The zero-order chi connectivity index (χ0) is 20.4. The Labute approximate surface area is 175 Å². The van der Waals surface area contributed by atoms with Crippen LogP contribution in [-0.4, -0.2) is 59.9 Å². The van der Waals surface area contributed by atoms with Crippen LogP contribution < -0.4 is 15.4 Å². The van der Waals surface area contributed by atoms with Crippen LogP contribution in [0.3, 0.4) is 0 Å². The smallest absolute Gasteiger partial charge is 0.268 e. The zero-order valence-corrected chi connectivity index (χ0v) is 17.4. The molecule has 1 amide bonds. The molecule has 1 atom stereocenters. The van der Waals surface area contributed by atoms with E-state index < -0.39 is 0 Å². The molecule has 0 N–H and O–H groups in total. The maximum absolute atomic E-state index is 13.1. The number of halogens is 1. The van der Waals surface area contributed by atoms with Crippen molar-refractivity contribution in [1.29, 1.82) is 0 Å². The highest BCUT2D eigenvalue weighted by atomic mass is 35.5. The van der Waals surface area contributed by atoms with Crippen molar-refractivity contribution < 1.29 is 4.79 Å². The van der Waals surface area contributed by atoms with E-state index in [1.165, 1.54) is 4.68 Å². The van der Waals surface area contributed by atoms with Crippen LogP contribution >= 0.6 is 11.6 Å². The highest BCUT2D eigenvalue weighted by molar-refractivity contribution is 6.33. The van der Waals surface area contributed by atoms with Crippen molar-refractivity contribution in [2.75, 3.05) is 49.1 Å². The Hall–Kier alpha value is -2.54. The minimum Gasteiger partial charge on any atom is -0.369 e. The number of carbonyl (C=O) groups excluding carboxylic acids is 1. The van der Waals surface area contributed by atoms with Crippen molar-refractivity contribution >= 4 is 28.9 Å². The standard InChI is InChI=1S/C21H26ClN5O2/c1-24-20(28)13-17(14-23-24)27-8-4-5-16(15-27)21(29)26-11-9-25(10-12-26)19-7-3-2-6-18(19)22/h2-3,6-7,13-14,16H,4-5,8-12,15H2,1H3. The maximum Gasteiger partial charge on any atom is 0.268 e. The SMILES string of the molecule is Cn1ncc(N2CCCC(C(=O)N3CCN(c4ccccc4Cl)CC3)C2)cc1=O. The Morgan fingerprint density at radius 2 is 1.86 bits per heavy atom. The minimum absolute atomic E-state index is 0.0420. The Balaban J connectivity index is 1.38. The van der Waals surface area contributed by atoms with Crippen molar-refractivity contribution in [3.8, 4) is 0 Å². The van der Waals surface area contributed by atoms with Crippen molar-refractivity contribution in [1.82, 2.24) is 14.7 Å². The summed E-state index contributed by atoms with van der Waals surface area (Å²) < 4.78 is 1.31. The third-order valence-corrected chi connectivity index (χ3v) is 6.19. The van der Waals surface area contributed by atoms with Crippen LogP contribution in [-0.2, 0) is 11.8 Å². The number of amides is 1. The van der Waals surface area contributed by atoms with Gasteiger partial charge in [-0.3, -0.25) is 9.59 Å². The first kappa shape index (κ1) is 19.8. The number of aryl methyl sites for hydroxylation is 1. The fourth-order valence-electron chi connectivity index (χ4n) is 4.18. The summed E-state index contributed by atoms with van der Waals surface area (Å²) in [5, 5.41) is 4.86. The number of rotatable bonds is 3. The van der Waals surface area contributed by atoms with Gasteiger partial charge < -0.3 is 14.7 Å². The maximum atomic E-state index is 13.1. The third kappa shape index (κ3) is 4.24. The number of anilines is 2. The Morgan fingerprint density at radius 1 is 1.10 bits per heavy atom. The van der Waals surface area contributed by atoms with Gasteiger partial charge in [0, 0.05) is 52.4 Å². The molecule has 3 heterocycles. The molecule has 154 valence electrons. The fourth-order valence-corrected chi connectivity index (χ4v) is 4.44. The normalized spacial score (nSPS) is 20.1. The van der Waals surface area contributed by atoms with Gasteiger partial charge in [-0.1, -0.05) is 23.7 Å². The fraction of sp³-hybridized carbons (Fsp3) is 0.476. The van der Waals surface area contributed by atoms with E-state index in [0.717, 1.165) is 48.9 Å². The lowest BCUT2D eigenvalue weighted by molar-refractivity contribution is -0.136. The number of carbonyl (C=O) groups is 1. The second-order valence-electron chi connectivity index (χ2n) is 7.72. The van der Waals surface area contributed by atoms with E-state index in [1.54, 1.807) is 19.3 Å². The van der Waals surface area contributed by atoms with Gasteiger partial charge in [-0.2, -0.15) is 5.10 Å². The summed E-state index contributed by atoms with van der Waals surface area (Å²) in [6.45, 7) is 4.45. The molecule has 0 radical (unpaired) electrons. The number of nitrogens with zero attached hydrogens (tertiary/aromatic N) is 5. The quantitative estimate of drug-likeness (QED) is 0.767. The molecular formula is C21H26ClN5O2. The molecule has 2 aromatic rings. The Morgan fingerprint density at radius 3 is 2.59 bits per heavy atom. The zero-order valence-electron chi connectivity index (χ0n) is 16.6. The van der Waals surface area contributed by atoms with Crippen molar-refractivity contribution in [3.63, 3.8) is 0 Å². The summed E-state index contributed by atoms with van der Waals surface area (Å²) in [7, 11) is 1.64. The van der Waals surface area contributed by atoms with Crippen LogP contribution in [0.15, 0.2) is 41.3 Å². The number of benzene rings is 1. The number of hydrogen-bond donors (Lipinski definition) is 0. The average molecular weight is 416 g/mol. The lowest BCUT2D eigenvalue weighted by Crippen LogP contribution is -2.52. The first-order valence-corrected chi connectivity index (χ1v) is 10.5. The summed E-state index contributed by atoms with van der Waals surface area (Å²) in [5.74, 6) is 0.171. The second kappa shape index (κ2) is 8.45. The average Bonchev–Trinajstić information content (AvgIpc) is 2.76. The second-order valence-corrected chi connectivity index (χ2v) is 8.13. The van der Waals surface area contributed by atoms with Crippen LogP contribution in [0.1, 0.15) is 12.8 Å². The van der Waals surface area contributed by atoms with Crippen LogP contribution in [0, 0.1) is 5.92 Å². The summed E-state index contributed by atoms with van der Waals surface area (Å²) in [4.78, 5) is 31.4. The summed E-state index contributed by atoms with van der Waals surface area (Å²) in [6.07, 6.45) is 3.53. The van der Waals surface area contributed by atoms with Gasteiger partial charge in [0.05, 0.1) is 28.5 Å². The molecule has 1 unspecified atom stereocenters. The molecular weight excluding hydrogens is 390 g/mol. The molecule has 2 aliphatic heterocycles. The highest BCUT2D eigenvalue weighted by Crippen LogP contribution is 2.27. The van der Waals surface area contributed by atoms with Crippen LogP contribution in [0.2, 0.25) is 5.02 Å². The number of aromatic nitrogens is 2. The van der Waals surface area contributed by atoms with Gasteiger partial charge in [-0.25, -0.2) is 4.68 Å². The monoisotopic (exact) mass is 415 g/mol. The molecule has 29 heavy (non-hydrogen) atoms. The van der Waals surface area contributed by atoms with Crippen LogP contribution in [0.5, 0.6) is 0 Å². The molecule has 0 aliphatic carbocycles. The third-order valence-electron chi connectivity index (χ3n) is 5.87. The number of hydrogen-bond acceptors (Lipinski definition) is 5. The summed E-state index contributed by atoms with van der Waals surface area (Å²) >= 11 is 6.32. The van der Waals surface area contributed by atoms with E-state index in [4.69, 9.17) is 11.6 Å². The molecule has 0 spiro atoms. The molecule has 7 nitrogen and oxygen atoms in total. The largest absolute Gasteiger partial charge is 0.369 e. The Bertz CT molecular complexity index is 939. The van der Waals surface area contributed by atoms with E-state index in [2.05, 4.69) is 14.9 Å². The number of piperidine rings is 1. The van der Waals surface area contributed by atoms with Gasteiger partial charge in [0.2, 0.25) is 5.91 Å². The van der Waals surface area contributed by atoms with Gasteiger partial charge in [-0.05, 0) is 25.0 Å². The Kier molecular flexibility index (Phi) is 5.76. The molecule has 2 aliphatic rings. The van der Waals surface area contributed by atoms with Crippen molar-refractivity contribution in [2.24, 2.45) is 13.0 Å². The van der Waals surface area contributed by atoms with Gasteiger partial charge in [-0.15, -0.1) is 0 Å². The first-order chi connectivity index (χ1) is 14.0. The van der Waals surface area contributed by atoms with E-state index in [9.17, 15) is 9.59 Å². The predicted molar refractivity (Wildman–Crippen MR) is 115 cm³/mol. The van der Waals surface area contributed by atoms with E-state index in [0.29, 0.717) is 19.6 Å². The number of para-hydroxylation sites is 1. The van der Waals surface area contributed by atoms with E-state index in [1.807, 2.05) is 29.2 Å². The predicted octanol–water partition coefficient (Wildman–Crippen LogP) is 2.00. The van der Waals surface area contributed by atoms with Gasteiger partial charge >= 0.3 is 0 Å². The topological polar surface area (TPSA) is 61.7 Å². The molecule has 2 fully saturated rings. The molecule has 4 rings (SSSR count). The van der Waals surface area contributed by atoms with Gasteiger partial charge in [0.15, 0.2) is 0 Å². The van der Waals surface area contributed by atoms with Crippen LogP contribution in [0.4, 0.5) is 11.4 Å². The van der Waals surface area contributed by atoms with Gasteiger partial charge in [0.1, 0.15) is 0 Å². The lowest BCUT2D eigenvalue weighted by Gasteiger charge is -2.40. The van der Waals surface area contributed by atoms with E-state index in [-0.39, 0.29) is 17.4 Å².